The number of nitrogens with one attached hydrogen (secondary N) is 1. The minimum Gasteiger partial charge on any atom is -0.481 e. The van der Waals surface area contributed by atoms with Crippen LogP contribution in [0.2, 0.25) is 0 Å². The fourth-order valence-electron chi connectivity index (χ4n) is 4.00. The van der Waals surface area contributed by atoms with Crippen molar-refractivity contribution in [3.05, 3.63) is 29.8 Å². The van der Waals surface area contributed by atoms with Crippen molar-refractivity contribution in [1.82, 2.24) is 20.4 Å². The number of hydrogen-bond donors (Lipinski definition) is 2. The zero-order chi connectivity index (χ0) is 20.6. The lowest BCUT2D eigenvalue weighted by Crippen LogP contribution is -2.17. The average molecular weight is 400 g/mol. The number of amides is 1. The van der Waals surface area contributed by atoms with Crippen molar-refractivity contribution < 1.29 is 19.2 Å². The number of carbonyl (C=O) groups is 2. The molecule has 0 unspecified atom stereocenters. The Morgan fingerprint density at radius 3 is 2.83 bits per heavy atom. The van der Waals surface area contributed by atoms with Gasteiger partial charge in [-0.05, 0) is 24.5 Å². The highest BCUT2D eigenvalue weighted by Gasteiger charge is 2.24. The van der Waals surface area contributed by atoms with Gasteiger partial charge in [-0.3, -0.25) is 14.6 Å². The van der Waals surface area contributed by atoms with E-state index in [1.165, 1.54) is 38.3 Å². The fraction of sp³-hybridized carbons (Fsp3) is 0.571. The van der Waals surface area contributed by atoms with Crippen LogP contribution in [-0.2, 0) is 4.79 Å². The van der Waals surface area contributed by atoms with Gasteiger partial charge in [0.05, 0.1) is 6.42 Å². The molecule has 0 aromatic carbocycles. The third kappa shape index (κ3) is 5.85. The van der Waals surface area contributed by atoms with Gasteiger partial charge in [0.25, 0.3) is 5.91 Å². The molecule has 29 heavy (non-hydrogen) atoms. The maximum atomic E-state index is 11.8. The highest BCUT2D eigenvalue weighted by molar-refractivity contribution is 5.94. The van der Waals surface area contributed by atoms with Crippen LogP contribution in [0.1, 0.15) is 80.0 Å². The first-order valence-electron chi connectivity index (χ1n) is 10.3. The Morgan fingerprint density at radius 1 is 1.31 bits per heavy atom. The number of rotatable bonds is 9. The molecule has 1 aliphatic rings. The van der Waals surface area contributed by atoms with Crippen molar-refractivity contribution in [2.75, 3.05) is 7.05 Å². The lowest BCUT2D eigenvalue weighted by atomic mass is 9.84. The van der Waals surface area contributed by atoms with Gasteiger partial charge in [0.1, 0.15) is 5.69 Å². The first-order chi connectivity index (χ1) is 14.1. The van der Waals surface area contributed by atoms with Gasteiger partial charge >= 0.3 is 5.97 Å². The van der Waals surface area contributed by atoms with E-state index in [2.05, 4.69) is 20.4 Å². The number of carbonyl (C=O) groups excluding carboxylic acids is 1. The SMILES string of the molecule is CNC(=O)c1ccnc(-c2noc([C@H](CCCC3CCCCC3)CC(=O)O)n2)c1. The van der Waals surface area contributed by atoms with Crippen molar-refractivity contribution in [2.45, 2.75) is 63.7 Å². The predicted molar refractivity (Wildman–Crippen MR) is 106 cm³/mol. The summed E-state index contributed by atoms with van der Waals surface area (Å²) in [4.78, 5) is 31.7. The van der Waals surface area contributed by atoms with E-state index in [0.29, 0.717) is 23.6 Å². The van der Waals surface area contributed by atoms with Crippen molar-refractivity contribution in [3.8, 4) is 11.5 Å². The molecule has 0 radical (unpaired) electrons. The van der Waals surface area contributed by atoms with E-state index in [1.807, 2.05) is 0 Å². The summed E-state index contributed by atoms with van der Waals surface area (Å²) >= 11 is 0. The van der Waals surface area contributed by atoms with Crippen LogP contribution in [0.4, 0.5) is 0 Å². The fourth-order valence-corrected chi connectivity index (χ4v) is 4.00. The number of carboxylic acids is 1. The Bertz CT molecular complexity index is 830. The van der Waals surface area contributed by atoms with Crippen LogP contribution in [0.25, 0.3) is 11.5 Å². The van der Waals surface area contributed by atoms with Crippen LogP contribution in [-0.4, -0.2) is 39.2 Å². The normalized spacial score (nSPS) is 15.8. The Morgan fingerprint density at radius 2 is 2.10 bits per heavy atom. The number of nitrogens with zero attached hydrogens (tertiary/aromatic N) is 3. The van der Waals surface area contributed by atoms with E-state index in [-0.39, 0.29) is 24.1 Å². The highest BCUT2D eigenvalue weighted by Crippen LogP contribution is 2.31. The zero-order valence-electron chi connectivity index (χ0n) is 16.8. The molecule has 2 aromatic rings. The molecule has 0 aliphatic heterocycles. The van der Waals surface area contributed by atoms with Crippen molar-refractivity contribution in [2.24, 2.45) is 5.92 Å². The summed E-state index contributed by atoms with van der Waals surface area (Å²) in [5.74, 6) is -0.105. The van der Waals surface area contributed by atoms with Crippen molar-refractivity contribution >= 4 is 11.9 Å². The minimum absolute atomic E-state index is 0.0436. The van der Waals surface area contributed by atoms with Crippen LogP contribution in [0.3, 0.4) is 0 Å². The molecule has 156 valence electrons. The van der Waals surface area contributed by atoms with E-state index in [1.54, 1.807) is 19.2 Å². The Kier molecular flexibility index (Phi) is 7.32. The molecule has 1 atom stereocenters. The molecular formula is C21H28N4O4. The molecule has 0 bridgehead atoms. The van der Waals surface area contributed by atoms with Crippen LogP contribution in [0, 0.1) is 5.92 Å². The van der Waals surface area contributed by atoms with Gasteiger partial charge in [0, 0.05) is 24.7 Å². The second-order valence-electron chi connectivity index (χ2n) is 7.69. The monoisotopic (exact) mass is 400 g/mol. The Labute approximate surface area is 170 Å². The molecule has 2 heterocycles. The first-order valence-corrected chi connectivity index (χ1v) is 10.3. The van der Waals surface area contributed by atoms with Gasteiger partial charge < -0.3 is 14.9 Å². The second-order valence-corrected chi connectivity index (χ2v) is 7.69. The van der Waals surface area contributed by atoms with Gasteiger partial charge in [-0.25, -0.2) is 0 Å². The van der Waals surface area contributed by atoms with Crippen LogP contribution >= 0.6 is 0 Å². The smallest absolute Gasteiger partial charge is 0.304 e. The average Bonchev–Trinajstić information content (AvgIpc) is 3.23. The molecule has 2 N–H and O–H groups in total. The summed E-state index contributed by atoms with van der Waals surface area (Å²) in [6, 6.07) is 3.19. The molecule has 1 aliphatic carbocycles. The van der Waals surface area contributed by atoms with Crippen LogP contribution < -0.4 is 5.32 Å². The second kappa shape index (κ2) is 10.1. The summed E-state index contributed by atoms with van der Waals surface area (Å²) in [5, 5.41) is 15.8. The van der Waals surface area contributed by atoms with Gasteiger partial charge in [0.2, 0.25) is 11.7 Å². The Balaban J connectivity index is 1.68. The van der Waals surface area contributed by atoms with Crippen LogP contribution in [0.15, 0.2) is 22.9 Å². The van der Waals surface area contributed by atoms with Crippen LogP contribution in [0.5, 0.6) is 0 Å². The molecule has 1 amide bonds. The van der Waals surface area contributed by atoms with E-state index >= 15 is 0 Å². The third-order valence-electron chi connectivity index (χ3n) is 5.58. The molecule has 3 rings (SSSR count). The lowest BCUT2D eigenvalue weighted by molar-refractivity contribution is -0.137. The molecule has 8 heteroatoms. The number of aromatic nitrogens is 3. The zero-order valence-corrected chi connectivity index (χ0v) is 16.8. The quantitative estimate of drug-likeness (QED) is 0.657. The van der Waals surface area contributed by atoms with Gasteiger partial charge in [-0.15, -0.1) is 0 Å². The van der Waals surface area contributed by atoms with E-state index < -0.39 is 5.97 Å². The molecule has 0 saturated heterocycles. The van der Waals surface area contributed by atoms with Gasteiger partial charge in [0.15, 0.2) is 0 Å². The largest absolute Gasteiger partial charge is 0.481 e. The maximum absolute atomic E-state index is 11.8. The molecular weight excluding hydrogens is 372 g/mol. The molecule has 2 aromatic heterocycles. The number of aliphatic carboxylic acids is 1. The maximum Gasteiger partial charge on any atom is 0.304 e. The minimum atomic E-state index is -0.882. The predicted octanol–water partition coefficient (Wildman–Crippen LogP) is 3.80. The summed E-state index contributed by atoms with van der Waals surface area (Å²) in [5.41, 5.74) is 0.857. The number of pyridine rings is 1. The highest BCUT2D eigenvalue weighted by atomic mass is 16.5. The van der Waals surface area contributed by atoms with E-state index in [0.717, 1.165) is 18.8 Å². The standard InChI is InChI=1S/C21H28N4O4/c1-22-20(28)15-10-11-23-17(12-15)19-24-21(29-25-19)16(13-18(26)27)9-5-8-14-6-3-2-4-7-14/h10-12,14,16H,2-9,13H2,1H3,(H,22,28)(H,26,27)/t16-/m1/s1. The van der Waals surface area contributed by atoms with Gasteiger partial charge in [-0.2, -0.15) is 4.98 Å². The molecule has 0 spiro atoms. The number of hydrogen-bond acceptors (Lipinski definition) is 6. The topological polar surface area (TPSA) is 118 Å². The molecule has 1 saturated carbocycles. The van der Waals surface area contributed by atoms with Crippen molar-refractivity contribution in [1.29, 1.82) is 0 Å². The Hall–Kier alpha value is -2.77. The number of carboxylic acid groups (broad SMARTS) is 1. The summed E-state index contributed by atoms with van der Waals surface area (Å²) in [6.45, 7) is 0. The summed E-state index contributed by atoms with van der Waals surface area (Å²) in [6.07, 6.45) is 10.7. The molecule has 8 nitrogen and oxygen atoms in total. The summed E-state index contributed by atoms with van der Waals surface area (Å²) in [7, 11) is 1.55. The van der Waals surface area contributed by atoms with Crippen molar-refractivity contribution in [3.63, 3.8) is 0 Å². The molecule has 1 fully saturated rings. The van der Waals surface area contributed by atoms with Gasteiger partial charge in [-0.1, -0.05) is 50.1 Å². The van der Waals surface area contributed by atoms with E-state index in [9.17, 15) is 14.7 Å². The lowest BCUT2D eigenvalue weighted by Gasteiger charge is -2.21. The first kappa shape index (κ1) is 21.0. The van der Waals surface area contributed by atoms with E-state index in [4.69, 9.17) is 4.52 Å². The summed E-state index contributed by atoms with van der Waals surface area (Å²) < 4.78 is 5.39. The third-order valence-corrected chi connectivity index (χ3v) is 5.58.